The lowest BCUT2D eigenvalue weighted by atomic mass is 10.1. The van der Waals surface area contributed by atoms with Crippen LogP contribution in [0, 0.1) is 13.8 Å². The highest BCUT2D eigenvalue weighted by Gasteiger charge is 2.18. The molecule has 20 heavy (non-hydrogen) atoms. The molecule has 0 unspecified atom stereocenters. The van der Waals surface area contributed by atoms with Gasteiger partial charge >= 0.3 is 0 Å². The van der Waals surface area contributed by atoms with Crippen molar-refractivity contribution < 1.29 is 13.2 Å². The lowest BCUT2D eigenvalue weighted by molar-refractivity contribution is 0.0999. The lowest BCUT2D eigenvalue weighted by Crippen LogP contribution is -2.16. The van der Waals surface area contributed by atoms with Crippen molar-refractivity contribution in [2.75, 3.05) is 4.72 Å². The van der Waals surface area contributed by atoms with Gasteiger partial charge in [0.05, 0.1) is 10.6 Å². The van der Waals surface area contributed by atoms with E-state index in [0.29, 0.717) is 5.56 Å². The molecule has 0 fully saturated rings. The molecule has 1 heterocycles. The number of aromatic nitrogens is 1. The second-order valence-corrected chi connectivity index (χ2v) is 6.78. The van der Waals surface area contributed by atoms with Crippen LogP contribution < -0.4 is 10.5 Å². The Kier molecular flexibility index (Phi) is 3.78. The first kappa shape index (κ1) is 14.5. The zero-order valence-corrected chi connectivity index (χ0v) is 12.5. The molecule has 0 atom stereocenters. The molecule has 0 bridgehead atoms. The molecule has 1 aromatic heterocycles. The molecule has 0 spiro atoms. The highest BCUT2D eigenvalue weighted by atomic mass is 32.2. The van der Waals surface area contributed by atoms with Gasteiger partial charge in [-0.1, -0.05) is 6.07 Å². The molecular formula is C12H13N3O3S2. The number of nitrogens with zero attached hydrogens (tertiary/aromatic N) is 1. The topological polar surface area (TPSA) is 102 Å². The second kappa shape index (κ2) is 5.22. The molecular weight excluding hydrogens is 298 g/mol. The maximum absolute atomic E-state index is 12.2. The number of carbonyl (C=O) groups excluding carboxylic acids is 1. The van der Waals surface area contributed by atoms with E-state index in [1.165, 1.54) is 23.5 Å². The van der Waals surface area contributed by atoms with Crippen LogP contribution in [0.1, 0.15) is 21.6 Å². The highest BCUT2D eigenvalue weighted by molar-refractivity contribution is 7.93. The van der Waals surface area contributed by atoms with Crippen molar-refractivity contribution in [3.05, 3.63) is 40.4 Å². The highest BCUT2D eigenvalue weighted by Crippen LogP contribution is 2.21. The van der Waals surface area contributed by atoms with Gasteiger partial charge in [-0.25, -0.2) is 13.4 Å². The summed E-state index contributed by atoms with van der Waals surface area (Å²) in [6.45, 7) is 3.46. The molecule has 2 aromatic rings. The second-order valence-electron chi connectivity index (χ2n) is 4.24. The monoisotopic (exact) mass is 311 g/mol. The minimum absolute atomic E-state index is 0.0234. The molecule has 0 aliphatic carbocycles. The molecule has 8 heteroatoms. The van der Waals surface area contributed by atoms with Crippen LogP contribution in [-0.2, 0) is 10.0 Å². The number of benzene rings is 1. The van der Waals surface area contributed by atoms with Gasteiger partial charge in [-0.15, -0.1) is 11.3 Å². The molecule has 0 saturated carbocycles. The minimum atomic E-state index is -3.78. The Morgan fingerprint density at radius 2 is 2.05 bits per heavy atom. The number of aryl methyl sites for hydroxylation is 2. The van der Waals surface area contributed by atoms with Crippen LogP contribution >= 0.6 is 11.3 Å². The predicted molar refractivity (Wildman–Crippen MR) is 77.4 cm³/mol. The lowest BCUT2D eigenvalue weighted by Gasteiger charge is -2.08. The maximum Gasteiger partial charge on any atom is 0.263 e. The molecule has 1 aromatic carbocycles. The molecule has 0 saturated heterocycles. The Morgan fingerprint density at radius 3 is 2.60 bits per heavy atom. The van der Waals surface area contributed by atoms with E-state index in [2.05, 4.69) is 9.71 Å². The largest absolute Gasteiger partial charge is 0.366 e. The molecule has 0 radical (unpaired) electrons. The van der Waals surface area contributed by atoms with E-state index < -0.39 is 15.9 Å². The maximum atomic E-state index is 12.2. The SMILES string of the molecule is Cc1csc(NS(=O)(=O)c2ccc(C)c(C(N)=O)c2)n1. The fourth-order valence-corrected chi connectivity index (χ4v) is 3.58. The Balaban J connectivity index is 2.39. The standard InChI is InChI=1S/C12H13N3O3S2/c1-7-3-4-9(5-10(7)11(13)16)20(17,18)15-12-14-8(2)6-19-12/h3-6H,1-2H3,(H2,13,16)(H,14,15). The fourth-order valence-electron chi connectivity index (χ4n) is 1.61. The van der Waals surface area contributed by atoms with E-state index in [0.717, 1.165) is 5.69 Å². The summed E-state index contributed by atoms with van der Waals surface area (Å²) in [5, 5.41) is 2.02. The normalized spacial score (nSPS) is 11.3. The van der Waals surface area contributed by atoms with Gasteiger partial charge in [0.15, 0.2) is 5.13 Å². The van der Waals surface area contributed by atoms with E-state index >= 15 is 0 Å². The molecule has 0 aliphatic heterocycles. The third kappa shape index (κ3) is 2.97. The number of nitrogens with one attached hydrogen (secondary N) is 1. The summed E-state index contributed by atoms with van der Waals surface area (Å²) >= 11 is 1.19. The Labute approximate surface area is 120 Å². The van der Waals surface area contributed by atoms with E-state index in [1.807, 2.05) is 0 Å². The summed E-state index contributed by atoms with van der Waals surface area (Å²) in [4.78, 5) is 15.3. The smallest absolute Gasteiger partial charge is 0.263 e. The van der Waals surface area contributed by atoms with Crippen molar-refractivity contribution in [3.8, 4) is 0 Å². The van der Waals surface area contributed by atoms with Crippen molar-refractivity contribution in [1.82, 2.24) is 4.98 Å². The Bertz CT molecular complexity index is 766. The first-order valence-electron chi connectivity index (χ1n) is 5.65. The third-order valence-electron chi connectivity index (χ3n) is 2.63. The summed E-state index contributed by atoms with van der Waals surface area (Å²) in [5.41, 5.74) is 6.76. The number of amides is 1. The van der Waals surface area contributed by atoms with Gasteiger partial charge < -0.3 is 5.73 Å². The number of primary amides is 1. The summed E-state index contributed by atoms with van der Waals surface area (Å²) in [5.74, 6) is -0.662. The molecule has 106 valence electrons. The quantitative estimate of drug-likeness (QED) is 0.896. The van der Waals surface area contributed by atoms with Crippen molar-refractivity contribution in [1.29, 1.82) is 0 Å². The van der Waals surface area contributed by atoms with Gasteiger partial charge in [0.25, 0.3) is 10.0 Å². The van der Waals surface area contributed by atoms with Crippen LogP contribution in [0.25, 0.3) is 0 Å². The zero-order chi connectivity index (χ0) is 14.9. The van der Waals surface area contributed by atoms with E-state index in [1.54, 1.807) is 25.3 Å². The summed E-state index contributed by atoms with van der Waals surface area (Å²) in [7, 11) is -3.78. The van der Waals surface area contributed by atoms with Gasteiger partial charge in [-0.3, -0.25) is 9.52 Å². The summed E-state index contributed by atoms with van der Waals surface area (Å²) in [6, 6.07) is 4.23. The van der Waals surface area contributed by atoms with Crippen molar-refractivity contribution >= 4 is 32.4 Å². The number of anilines is 1. The van der Waals surface area contributed by atoms with Gasteiger partial charge in [-0.05, 0) is 31.5 Å². The van der Waals surface area contributed by atoms with Crippen LogP contribution in [0.3, 0.4) is 0 Å². The number of rotatable bonds is 4. The molecule has 0 aliphatic rings. The van der Waals surface area contributed by atoms with E-state index in [9.17, 15) is 13.2 Å². The third-order valence-corrected chi connectivity index (χ3v) is 4.97. The zero-order valence-electron chi connectivity index (χ0n) is 10.9. The molecule has 6 nitrogen and oxygen atoms in total. The van der Waals surface area contributed by atoms with Gasteiger partial charge in [0, 0.05) is 10.9 Å². The number of nitrogens with two attached hydrogens (primary N) is 1. The van der Waals surface area contributed by atoms with Gasteiger partial charge in [0.1, 0.15) is 0 Å². The fraction of sp³-hybridized carbons (Fsp3) is 0.167. The van der Waals surface area contributed by atoms with Crippen LogP contribution in [0.2, 0.25) is 0 Å². The number of sulfonamides is 1. The Morgan fingerprint density at radius 1 is 1.35 bits per heavy atom. The van der Waals surface area contributed by atoms with E-state index in [-0.39, 0.29) is 15.6 Å². The number of thiazole rings is 1. The van der Waals surface area contributed by atoms with Crippen molar-refractivity contribution in [2.24, 2.45) is 5.73 Å². The number of hydrogen-bond acceptors (Lipinski definition) is 5. The van der Waals surface area contributed by atoms with Crippen LogP contribution in [0.5, 0.6) is 0 Å². The molecule has 2 rings (SSSR count). The van der Waals surface area contributed by atoms with Gasteiger partial charge in [0.2, 0.25) is 5.91 Å². The van der Waals surface area contributed by atoms with Crippen LogP contribution in [-0.4, -0.2) is 19.3 Å². The average molecular weight is 311 g/mol. The van der Waals surface area contributed by atoms with Crippen molar-refractivity contribution in [2.45, 2.75) is 18.7 Å². The summed E-state index contributed by atoms with van der Waals surface area (Å²) in [6.07, 6.45) is 0. The molecule has 1 amide bonds. The number of carbonyl (C=O) groups is 1. The average Bonchev–Trinajstić information content (AvgIpc) is 2.73. The Hall–Kier alpha value is -1.93. The first-order valence-corrected chi connectivity index (χ1v) is 8.01. The first-order chi connectivity index (χ1) is 9.29. The number of hydrogen-bond donors (Lipinski definition) is 2. The van der Waals surface area contributed by atoms with Crippen LogP contribution in [0.4, 0.5) is 5.13 Å². The van der Waals surface area contributed by atoms with Crippen molar-refractivity contribution in [3.63, 3.8) is 0 Å². The summed E-state index contributed by atoms with van der Waals surface area (Å²) < 4.78 is 26.8. The minimum Gasteiger partial charge on any atom is -0.366 e. The van der Waals surface area contributed by atoms with E-state index in [4.69, 9.17) is 5.73 Å². The molecule has 3 N–H and O–H groups in total. The predicted octanol–water partition coefficient (Wildman–Crippen LogP) is 1.66. The van der Waals surface area contributed by atoms with Gasteiger partial charge in [-0.2, -0.15) is 0 Å². The van der Waals surface area contributed by atoms with Crippen LogP contribution in [0.15, 0.2) is 28.5 Å².